The third-order valence-corrected chi connectivity index (χ3v) is 6.81. The van der Waals surface area contributed by atoms with E-state index in [4.69, 9.17) is 5.73 Å². The number of aliphatic hydroxyl groups excluding tert-OH is 1. The molecule has 0 aliphatic rings. The smallest absolute Gasteiger partial charge is 0.326 e. The quantitative estimate of drug-likeness (QED) is 0.146. The number of rotatable bonds is 13. The summed E-state index contributed by atoms with van der Waals surface area (Å²) < 4.78 is 0. The lowest BCUT2D eigenvalue weighted by atomic mass is 10.0. The highest BCUT2D eigenvalue weighted by atomic mass is 16.4. The topological polar surface area (TPSA) is 207 Å². The second kappa shape index (κ2) is 13.8. The van der Waals surface area contributed by atoms with E-state index in [1.54, 1.807) is 32.2 Å². The van der Waals surface area contributed by atoms with Gasteiger partial charge >= 0.3 is 5.97 Å². The first-order valence-corrected chi connectivity index (χ1v) is 13.3. The normalized spacial score (nSPS) is 15.0. The van der Waals surface area contributed by atoms with Gasteiger partial charge in [-0.25, -0.2) is 4.79 Å². The predicted molar refractivity (Wildman–Crippen MR) is 152 cm³/mol. The third kappa shape index (κ3) is 8.29. The monoisotopic (exact) mass is 567 g/mol. The number of benzene rings is 2. The molecule has 3 amide bonds. The summed E-state index contributed by atoms with van der Waals surface area (Å²) >= 11 is 0. The number of aromatic hydroxyl groups is 1. The predicted octanol–water partition coefficient (Wildman–Crippen LogP) is 0.562. The highest BCUT2D eigenvalue weighted by molar-refractivity contribution is 5.95. The van der Waals surface area contributed by atoms with Crippen LogP contribution in [0, 0.1) is 5.92 Å². The van der Waals surface area contributed by atoms with Crippen molar-refractivity contribution >= 4 is 34.6 Å². The van der Waals surface area contributed by atoms with E-state index in [1.807, 2.05) is 24.3 Å². The number of aliphatic carboxylic acids is 1. The van der Waals surface area contributed by atoms with E-state index in [2.05, 4.69) is 20.9 Å². The molecule has 2 aromatic carbocycles. The molecule has 0 aliphatic heterocycles. The lowest BCUT2D eigenvalue weighted by molar-refractivity contribution is -0.142. The minimum absolute atomic E-state index is 0.0141. The van der Waals surface area contributed by atoms with Crippen LogP contribution in [0.5, 0.6) is 5.75 Å². The lowest BCUT2D eigenvalue weighted by Gasteiger charge is -2.27. The zero-order valence-corrected chi connectivity index (χ0v) is 23.1. The minimum Gasteiger partial charge on any atom is -0.508 e. The Bertz CT molecular complexity index is 1370. The number of carbonyl (C=O) groups excluding carboxylic acids is 3. The fourth-order valence-corrected chi connectivity index (χ4v) is 4.29. The number of phenols is 1. The molecular weight excluding hydrogens is 530 g/mol. The number of fused-ring (bicyclic) bond motifs is 1. The zero-order valence-electron chi connectivity index (χ0n) is 23.1. The van der Waals surface area contributed by atoms with Gasteiger partial charge in [0.15, 0.2) is 0 Å². The van der Waals surface area contributed by atoms with Gasteiger partial charge in [-0.1, -0.05) is 44.2 Å². The Hall–Kier alpha value is -4.42. The van der Waals surface area contributed by atoms with Gasteiger partial charge in [0, 0.05) is 29.9 Å². The number of aliphatic hydroxyl groups is 1. The van der Waals surface area contributed by atoms with E-state index in [1.165, 1.54) is 19.1 Å². The summed E-state index contributed by atoms with van der Waals surface area (Å²) in [4.78, 5) is 54.5. The van der Waals surface area contributed by atoms with Gasteiger partial charge in [0.05, 0.1) is 12.1 Å². The molecule has 0 saturated heterocycles. The van der Waals surface area contributed by atoms with Gasteiger partial charge < -0.3 is 42.0 Å². The molecule has 0 bridgehead atoms. The molecule has 0 saturated carbocycles. The van der Waals surface area contributed by atoms with Crippen molar-refractivity contribution in [3.8, 4) is 5.75 Å². The summed E-state index contributed by atoms with van der Waals surface area (Å²) in [5.41, 5.74) is 7.95. The van der Waals surface area contributed by atoms with Crippen LogP contribution in [-0.2, 0) is 32.0 Å². The first-order chi connectivity index (χ1) is 19.4. The highest BCUT2D eigenvalue weighted by Crippen LogP contribution is 2.20. The van der Waals surface area contributed by atoms with Gasteiger partial charge in [-0.3, -0.25) is 14.4 Å². The number of nitrogens with two attached hydrogens (primary N) is 1. The number of aromatic nitrogens is 1. The molecule has 5 atom stereocenters. The van der Waals surface area contributed by atoms with Crippen LogP contribution in [0.2, 0.25) is 0 Å². The largest absolute Gasteiger partial charge is 0.508 e. The molecule has 0 fully saturated rings. The van der Waals surface area contributed by atoms with Gasteiger partial charge in [-0.2, -0.15) is 0 Å². The van der Waals surface area contributed by atoms with E-state index >= 15 is 0 Å². The zero-order chi connectivity index (χ0) is 30.3. The number of para-hydroxylation sites is 1. The van der Waals surface area contributed by atoms with Crippen molar-refractivity contribution in [1.82, 2.24) is 20.9 Å². The molecular formula is C29H37N5O7. The molecule has 1 aromatic heterocycles. The molecule has 41 heavy (non-hydrogen) atoms. The van der Waals surface area contributed by atoms with Crippen molar-refractivity contribution in [3.63, 3.8) is 0 Å². The van der Waals surface area contributed by atoms with Gasteiger partial charge in [-0.15, -0.1) is 0 Å². The third-order valence-electron chi connectivity index (χ3n) is 6.81. The summed E-state index contributed by atoms with van der Waals surface area (Å²) in [5.74, 6) is -3.76. The maximum Gasteiger partial charge on any atom is 0.326 e. The summed E-state index contributed by atoms with van der Waals surface area (Å²) in [6.07, 6.45) is 0.280. The van der Waals surface area contributed by atoms with Crippen LogP contribution in [0.25, 0.3) is 10.9 Å². The number of carbonyl (C=O) groups is 4. The number of hydrogen-bond donors (Lipinski definition) is 8. The maximum absolute atomic E-state index is 13.5. The average molecular weight is 568 g/mol. The number of amides is 3. The number of aromatic amines is 1. The van der Waals surface area contributed by atoms with Crippen LogP contribution < -0.4 is 21.7 Å². The highest BCUT2D eigenvalue weighted by Gasteiger charge is 2.33. The summed E-state index contributed by atoms with van der Waals surface area (Å²) in [6, 6.07) is 8.30. The van der Waals surface area contributed by atoms with E-state index in [0.29, 0.717) is 11.1 Å². The molecule has 220 valence electrons. The Kier molecular flexibility index (Phi) is 10.5. The van der Waals surface area contributed by atoms with Crippen molar-refractivity contribution in [3.05, 3.63) is 65.9 Å². The van der Waals surface area contributed by atoms with Crippen molar-refractivity contribution in [2.45, 2.75) is 63.9 Å². The van der Waals surface area contributed by atoms with Crippen LogP contribution >= 0.6 is 0 Å². The number of H-pyrrole nitrogens is 1. The van der Waals surface area contributed by atoms with Crippen LogP contribution in [0.4, 0.5) is 0 Å². The second-order valence-corrected chi connectivity index (χ2v) is 10.4. The molecule has 3 aromatic rings. The summed E-state index contributed by atoms with van der Waals surface area (Å²) in [6.45, 7) is 4.79. The lowest BCUT2D eigenvalue weighted by Crippen LogP contribution is -2.60. The minimum atomic E-state index is -1.42. The van der Waals surface area contributed by atoms with Crippen molar-refractivity contribution < 1.29 is 34.5 Å². The Morgan fingerprint density at radius 2 is 1.49 bits per heavy atom. The van der Waals surface area contributed by atoms with Gasteiger partial charge in [0.1, 0.15) is 23.9 Å². The Labute approximate surface area is 237 Å². The number of nitrogens with one attached hydrogen (secondary N) is 4. The Morgan fingerprint density at radius 3 is 2.10 bits per heavy atom. The maximum atomic E-state index is 13.5. The van der Waals surface area contributed by atoms with E-state index in [-0.39, 0.29) is 24.5 Å². The fraction of sp³-hybridized carbons (Fsp3) is 0.379. The van der Waals surface area contributed by atoms with Crippen LogP contribution in [0.15, 0.2) is 54.7 Å². The van der Waals surface area contributed by atoms with Crippen LogP contribution in [0.3, 0.4) is 0 Å². The Morgan fingerprint density at radius 1 is 0.854 bits per heavy atom. The standard InChI is InChI=1S/C29H37N5O7/c1-15(2)24(30)27(38)34-25(16(3)35)28(39)32-22(13-18-14-31-21-7-5-4-6-20(18)21)26(37)33-23(29(40)41)12-17-8-10-19(36)11-9-17/h4-11,14-16,22-25,31,35-36H,12-13,30H2,1-3H3,(H,32,39)(H,33,37)(H,34,38)(H,40,41). The van der Waals surface area contributed by atoms with E-state index in [9.17, 15) is 34.5 Å². The first-order valence-electron chi connectivity index (χ1n) is 13.3. The van der Waals surface area contributed by atoms with Crippen molar-refractivity contribution in [2.75, 3.05) is 0 Å². The molecule has 0 aliphatic carbocycles. The van der Waals surface area contributed by atoms with Crippen LogP contribution in [0.1, 0.15) is 31.9 Å². The molecule has 12 nitrogen and oxygen atoms in total. The second-order valence-electron chi connectivity index (χ2n) is 10.4. The van der Waals surface area contributed by atoms with Crippen molar-refractivity contribution in [1.29, 1.82) is 0 Å². The molecule has 1 heterocycles. The number of hydrogen-bond acceptors (Lipinski definition) is 7. The number of phenolic OH excluding ortho intramolecular Hbond substituents is 1. The number of carboxylic acids is 1. The molecule has 3 rings (SSSR count). The molecule has 0 radical (unpaired) electrons. The van der Waals surface area contributed by atoms with Gasteiger partial charge in [0.25, 0.3) is 0 Å². The van der Waals surface area contributed by atoms with E-state index < -0.39 is 54.0 Å². The summed E-state index contributed by atoms with van der Waals surface area (Å²) in [7, 11) is 0. The molecule has 0 spiro atoms. The van der Waals surface area contributed by atoms with E-state index in [0.717, 1.165) is 10.9 Å². The first kappa shape index (κ1) is 31.1. The van der Waals surface area contributed by atoms with Crippen molar-refractivity contribution in [2.24, 2.45) is 11.7 Å². The summed E-state index contributed by atoms with van der Waals surface area (Å²) in [5, 5.41) is 37.9. The Balaban J connectivity index is 1.86. The molecule has 5 unspecified atom stereocenters. The number of carboxylic acid groups (broad SMARTS) is 1. The molecule has 12 heteroatoms. The SMILES string of the molecule is CC(C)C(N)C(=O)NC(C(=O)NC(Cc1c[nH]c2ccccc12)C(=O)NC(Cc1ccc(O)cc1)C(=O)O)C(C)O. The molecule has 9 N–H and O–H groups in total. The van der Waals surface area contributed by atoms with Gasteiger partial charge in [-0.05, 0) is 42.2 Å². The van der Waals surface area contributed by atoms with Gasteiger partial charge in [0.2, 0.25) is 17.7 Å². The fourth-order valence-electron chi connectivity index (χ4n) is 4.29. The van der Waals surface area contributed by atoms with Crippen LogP contribution in [-0.4, -0.2) is 74.3 Å². The average Bonchev–Trinajstić information content (AvgIpc) is 3.33.